The first-order valence-electron chi connectivity index (χ1n) is 47.9. The third-order valence-electron chi connectivity index (χ3n) is 27.0. The molecule has 33 heteroatoms. The predicted octanol–water partition coefficient (Wildman–Crippen LogP) is 23.3. The lowest BCUT2D eigenvalue weighted by Crippen LogP contribution is -2.45. The van der Waals surface area contributed by atoms with Crippen molar-refractivity contribution in [2.45, 2.75) is 222 Å². The Hall–Kier alpha value is -11.6. The first-order valence-corrected chi connectivity index (χ1v) is 52.6. The van der Waals surface area contributed by atoms with Gasteiger partial charge in [0.15, 0.2) is 0 Å². The van der Waals surface area contributed by atoms with Gasteiger partial charge in [-0.15, -0.1) is 45.3 Å². The molecule has 0 bridgehead atoms. The molecule has 25 nitrogen and oxygen atoms in total. The number of fused-ring (bicyclic) bond motifs is 4. The minimum atomic E-state index is -0.344. The van der Waals surface area contributed by atoms with Crippen molar-refractivity contribution in [2.75, 3.05) is 13.2 Å². The van der Waals surface area contributed by atoms with E-state index in [0.29, 0.717) is 39.2 Å². The highest BCUT2D eigenvalue weighted by Crippen LogP contribution is 2.50. The Morgan fingerprint density at radius 2 is 0.655 bits per heavy atom. The van der Waals surface area contributed by atoms with E-state index in [1.807, 2.05) is 125 Å². The minimum Gasteiger partial charge on any atom is -0.490 e. The molecule has 12 aromatic heterocycles. The van der Waals surface area contributed by atoms with Crippen LogP contribution in [-0.2, 0) is 52.1 Å². The summed E-state index contributed by atoms with van der Waals surface area (Å²) in [6.07, 6.45) is 33.3. The predicted molar refractivity (Wildman–Crippen MR) is 574 cm³/mol. The van der Waals surface area contributed by atoms with Crippen molar-refractivity contribution in [3.8, 4) is 67.5 Å². The van der Waals surface area contributed by atoms with Gasteiger partial charge in [0, 0.05) is 179 Å². The van der Waals surface area contributed by atoms with Crippen LogP contribution in [0.3, 0.4) is 0 Å². The second-order valence-corrected chi connectivity index (χ2v) is 44.8. The number of hydrogen-bond acceptors (Lipinski definition) is 21. The van der Waals surface area contributed by atoms with Crippen molar-refractivity contribution in [1.82, 2.24) is 56.5 Å². The molecular formula is C109H114Cl4N12O13S4. The summed E-state index contributed by atoms with van der Waals surface area (Å²) in [5, 5.41) is 2.62. The molecule has 16 aromatic rings. The third kappa shape index (κ3) is 22.6. The lowest BCUT2D eigenvalue weighted by atomic mass is 9.76. The zero-order valence-corrected chi connectivity index (χ0v) is 86.5. The summed E-state index contributed by atoms with van der Waals surface area (Å²) >= 11 is 32.1. The largest absolute Gasteiger partial charge is 0.490 e. The van der Waals surface area contributed by atoms with Gasteiger partial charge in [0.1, 0.15) is 23.0 Å². The number of rotatable bonds is 21. The molecule has 1 unspecified atom stereocenters. The van der Waals surface area contributed by atoms with Crippen LogP contribution in [-0.4, -0.2) is 94.1 Å². The highest BCUT2D eigenvalue weighted by Gasteiger charge is 2.34. The molecule has 142 heavy (non-hydrogen) atoms. The molecule has 0 amide bonds. The number of aryl methyl sites for hydroxylation is 7. The fourth-order valence-corrected chi connectivity index (χ4v) is 25.2. The van der Waals surface area contributed by atoms with E-state index < -0.39 is 0 Å². The second kappa shape index (κ2) is 43.9. The lowest BCUT2D eigenvalue weighted by molar-refractivity contribution is -0.0259. The highest BCUT2D eigenvalue weighted by atomic mass is 35.5. The summed E-state index contributed by atoms with van der Waals surface area (Å²) < 4.78 is 46.3. The fourth-order valence-electron chi connectivity index (χ4n) is 19.6. The summed E-state index contributed by atoms with van der Waals surface area (Å²) in [4.78, 5) is 122. The average molecular weight is 2070 g/mol. The van der Waals surface area contributed by atoms with Crippen molar-refractivity contribution < 1.29 is 23.7 Å². The van der Waals surface area contributed by atoms with Crippen LogP contribution in [0.5, 0.6) is 23.0 Å². The normalized spacial score (nSPS) is 16.6. The molecule has 4 aromatic carbocycles. The Balaban J connectivity index is 0.000000130. The molecule has 5 fully saturated rings. The molecular weight excluding hydrogens is 1960 g/mol. The van der Waals surface area contributed by atoms with E-state index in [0.717, 1.165) is 208 Å². The number of hydrogen-bond donors (Lipinski definition) is 0. The topological polar surface area (TPSA) is 274 Å². The molecule has 4 saturated carbocycles. The van der Waals surface area contributed by atoms with Gasteiger partial charge in [0.05, 0.1) is 111 Å². The Bertz CT molecular complexity index is 7970. The summed E-state index contributed by atoms with van der Waals surface area (Å²) in [7, 11) is 4.91. The zero-order chi connectivity index (χ0) is 98.9. The second-order valence-electron chi connectivity index (χ2n) is 38.5. The van der Waals surface area contributed by atoms with Crippen molar-refractivity contribution >= 4 is 133 Å². The molecule has 4 aliphatic carbocycles. The number of benzene rings is 4. The number of halogens is 4. The van der Waals surface area contributed by atoms with Gasteiger partial charge in [-0.2, -0.15) is 0 Å². The van der Waals surface area contributed by atoms with Crippen LogP contribution >= 0.6 is 91.8 Å². The molecule has 1 atom stereocenters. The SMILES string of the molecule is C.Cc1cc(Cl)cc(-c2ccnc3cc(Cn4c(=O)ccn(C)c4=O)sc23)c1OC1CC(C)C1.Cc1cc(Cl)cc(-c2ccnc3cc(Cn4c(=O)ccn(C)c4=O)sc23)c1OC1CCCC(C)(C)C1.Cc1cc(Cl)cc(-c2ccnc3cc(Cn4c(=O)ccn(C)c4=O)sc23)c1OC1CCCCCC1.Cc1cc(Cl)cc(-c2ccnc3cc(Cn4c(=O)ccn(C5COC5)c4=O)sc23)c1OC1CCCCC1. The van der Waals surface area contributed by atoms with Gasteiger partial charge in [-0.3, -0.25) is 61.9 Å². The van der Waals surface area contributed by atoms with Gasteiger partial charge >= 0.3 is 22.8 Å². The number of nitrogens with zero attached hydrogens (tertiary/aromatic N) is 12. The van der Waals surface area contributed by atoms with E-state index in [4.69, 9.17) is 70.1 Å². The Labute approximate surface area is 857 Å². The molecule has 1 saturated heterocycles. The van der Waals surface area contributed by atoms with E-state index in [1.165, 1.54) is 172 Å². The van der Waals surface area contributed by atoms with Crippen LogP contribution in [0, 0.1) is 39.0 Å². The quantitative estimate of drug-likeness (QED) is 0.0605. The average Bonchev–Trinajstić information content (AvgIpc) is 1.60. The number of ether oxygens (including phenoxy) is 5. The van der Waals surface area contributed by atoms with Crippen LogP contribution in [0.25, 0.3) is 85.4 Å². The summed E-state index contributed by atoms with van der Waals surface area (Å²) in [6.45, 7) is 16.7. The highest BCUT2D eigenvalue weighted by molar-refractivity contribution is 7.20. The molecule has 1 aliphatic heterocycles. The fraction of sp³-hybridized carbons (Fsp3) is 0.376. The Kier molecular flexibility index (Phi) is 31.5. The Morgan fingerprint density at radius 1 is 0.366 bits per heavy atom. The standard InChI is InChI=1S/C28H28ClN3O4S.C28H30ClN3O3S.C27H28ClN3O3S.C25H24ClN3O3S.CH4/c1-17-11-18(29)12-23(26(17)36-20-5-3-2-4-6-20)22-7-9-30-24-13-21(37-27(22)24)14-32-25(33)8-10-31(28(32)34)19-15-35-16-19;1-17-12-18(29)13-22(25(17)35-19-6-5-9-28(2,3)15-19)21-7-10-30-23-14-20(36-26(21)23)16-32-24(33)8-11-31(4)27(32)34;1-17-13-18(28)14-22(25(17)34-19-7-5-3-4-6-8-19)21-9-11-29-23-15-20(35-26(21)23)16-31-24(32)10-12-30(2)27(31)33;1-14-8-17(9-14)32-23-15(2)10-16(26)11-20(23)19-4-6-27-21-12-18(33-24(19)21)13-29-22(30)5-7-28(3)25(29)31;/h7-13,19-20H,2-6,14-16H2,1H3;7-8,10-14,19H,5-6,9,15-16H2,1-4H3;9-15,19H,3-8,16H2,1-2H3;4-7,10-12,14,17H,8-9,13H2,1-3H3;1H4. The maximum Gasteiger partial charge on any atom is 0.331 e. The summed E-state index contributed by atoms with van der Waals surface area (Å²) in [5.41, 5.74) is 12.7. The number of pyridine rings is 4. The van der Waals surface area contributed by atoms with Crippen LogP contribution in [0.15, 0.2) is 209 Å². The van der Waals surface area contributed by atoms with Gasteiger partial charge in [0.25, 0.3) is 22.2 Å². The summed E-state index contributed by atoms with van der Waals surface area (Å²) in [5.74, 6) is 4.14. The van der Waals surface area contributed by atoms with Crippen LogP contribution in [0.4, 0.5) is 0 Å². The van der Waals surface area contributed by atoms with E-state index in [-0.39, 0.29) is 114 Å². The molecule has 5 aliphatic rings. The minimum absolute atomic E-state index is 0. The van der Waals surface area contributed by atoms with Gasteiger partial charge in [-0.25, -0.2) is 19.2 Å². The van der Waals surface area contributed by atoms with Crippen molar-refractivity contribution in [1.29, 1.82) is 0 Å². The van der Waals surface area contributed by atoms with E-state index >= 15 is 0 Å². The molecule has 0 spiro atoms. The van der Waals surface area contributed by atoms with Gasteiger partial charge < -0.3 is 37.4 Å². The van der Waals surface area contributed by atoms with E-state index in [2.05, 4.69) is 40.7 Å². The zero-order valence-electron chi connectivity index (χ0n) is 80.2. The number of aromatic nitrogens is 12. The number of thiophene rings is 4. The van der Waals surface area contributed by atoms with Crippen LogP contribution in [0.1, 0.15) is 185 Å². The van der Waals surface area contributed by atoms with E-state index in [9.17, 15) is 38.4 Å². The molecule has 13 heterocycles. The maximum atomic E-state index is 13.1. The van der Waals surface area contributed by atoms with E-state index in [1.54, 1.807) is 56.7 Å². The maximum absolute atomic E-state index is 13.1. The molecule has 740 valence electrons. The van der Waals surface area contributed by atoms with Crippen molar-refractivity contribution in [3.63, 3.8) is 0 Å². The molecule has 0 N–H and O–H groups in total. The summed E-state index contributed by atoms with van der Waals surface area (Å²) in [6, 6.07) is 37.0. The Morgan fingerprint density at radius 3 is 0.958 bits per heavy atom. The van der Waals surface area contributed by atoms with Gasteiger partial charge in [-0.1, -0.05) is 93.9 Å². The third-order valence-corrected chi connectivity index (χ3v) is 32.5. The monoisotopic (exact) mass is 2070 g/mol. The lowest BCUT2D eigenvalue weighted by Gasteiger charge is -2.36. The first kappa shape index (κ1) is 102. The van der Waals surface area contributed by atoms with Gasteiger partial charge in [-0.05, 0) is 248 Å². The van der Waals surface area contributed by atoms with Crippen molar-refractivity contribution in [2.24, 2.45) is 32.5 Å². The molecule has 21 rings (SSSR count). The van der Waals surface area contributed by atoms with Gasteiger partial charge in [0.2, 0.25) is 0 Å². The first-order chi connectivity index (χ1) is 67.8. The molecule has 0 radical (unpaired) electrons. The van der Waals surface area contributed by atoms with Crippen molar-refractivity contribution in [3.05, 3.63) is 316 Å². The van der Waals surface area contributed by atoms with Crippen LogP contribution < -0.4 is 63.9 Å². The van der Waals surface area contributed by atoms with Crippen LogP contribution in [0.2, 0.25) is 20.1 Å². The smallest absolute Gasteiger partial charge is 0.331 e.